The Morgan fingerprint density at radius 3 is 2.39 bits per heavy atom. The summed E-state index contributed by atoms with van der Waals surface area (Å²) in [5.74, 6) is 0. The standard InChI is InChI=1S/C18H25N3OS/c1-13-10-14(2)21(20-13)12-22-17(23)19-11-15-6-8-16(9-7-15)18(3,4)5/h6-10H,11-12H2,1-5H3,(H,19,23). The zero-order valence-electron chi connectivity index (χ0n) is 14.5. The Morgan fingerprint density at radius 1 is 1.22 bits per heavy atom. The van der Waals surface area contributed by atoms with Gasteiger partial charge in [-0.05, 0) is 48.7 Å². The number of nitrogens with zero attached hydrogens (tertiary/aromatic N) is 2. The lowest BCUT2D eigenvalue weighted by molar-refractivity contribution is 0.201. The maximum Gasteiger partial charge on any atom is 0.258 e. The minimum Gasteiger partial charge on any atom is -0.448 e. The van der Waals surface area contributed by atoms with E-state index in [2.05, 4.69) is 55.5 Å². The zero-order valence-corrected chi connectivity index (χ0v) is 15.3. The lowest BCUT2D eigenvalue weighted by Crippen LogP contribution is -2.25. The predicted octanol–water partition coefficient (Wildman–Crippen LogP) is 3.85. The lowest BCUT2D eigenvalue weighted by atomic mass is 9.87. The molecule has 1 aromatic heterocycles. The first-order valence-corrected chi connectivity index (χ1v) is 8.17. The van der Waals surface area contributed by atoms with E-state index in [1.54, 1.807) is 4.68 Å². The molecule has 0 unspecified atom stereocenters. The van der Waals surface area contributed by atoms with Gasteiger partial charge in [-0.2, -0.15) is 5.10 Å². The predicted molar refractivity (Wildman–Crippen MR) is 97.4 cm³/mol. The molecule has 0 aliphatic heterocycles. The van der Waals surface area contributed by atoms with Gasteiger partial charge in [-0.3, -0.25) is 0 Å². The van der Waals surface area contributed by atoms with Crippen molar-refractivity contribution in [2.75, 3.05) is 0 Å². The van der Waals surface area contributed by atoms with Gasteiger partial charge in [-0.25, -0.2) is 4.68 Å². The minimum absolute atomic E-state index is 0.171. The van der Waals surface area contributed by atoms with Crippen molar-refractivity contribution in [3.63, 3.8) is 0 Å². The fraction of sp³-hybridized carbons (Fsp3) is 0.444. The van der Waals surface area contributed by atoms with Crippen LogP contribution in [0.15, 0.2) is 30.3 Å². The number of thiocarbonyl (C=S) groups is 1. The number of hydrogen-bond donors (Lipinski definition) is 1. The zero-order chi connectivity index (χ0) is 17.0. The largest absolute Gasteiger partial charge is 0.448 e. The van der Waals surface area contributed by atoms with E-state index >= 15 is 0 Å². The minimum atomic E-state index is 0.171. The van der Waals surface area contributed by atoms with Crippen molar-refractivity contribution in [3.8, 4) is 0 Å². The Bertz CT molecular complexity index is 669. The molecule has 4 nitrogen and oxygen atoms in total. The van der Waals surface area contributed by atoms with Crippen LogP contribution in [0.2, 0.25) is 0 Å². The molecule has 2 aromatic rings. The number of aromatic nitrogens is 2. The summed E-state index contributed by atoms with van der Waals surface area (Å²) in [5, 5.41) is 7.85. The molecule has 0 radical (unpaired) electrons. The fourth-order valence-corrected chi connectivity index (χ4v) is 2.40. The van der Waals surface area contributed by atoms with Gasteiger partial charge < -0.3 is 10.1 Å². The molecule has 1 heterocycles. The van der Waals surface area contributed by atoms with Crippen LogP contribution in [0.5, 0.6) is 0 Å². The van der Waals surface area contributed by atoms with E-state index in [1.165, 1.54) is 11.1 Å². The van der Waals surface area contributed by atoms with Crippen molar-refractivity contribution >= 4 is 17.4 Å². The average Bonchev–Trinajstić information content (AvgIpc) is 2.80. The molecule has 1 aromatic carbocycles. The van der Waals surface area contributed by atoms with Crippen LogP contribution in [0, 0.1) is 13.8 Å². The highest BCUT2D eigenvalue weighted by Gasteiger charge is 2.12. The van der Waals surface area contributed by atoms with E-state index in [0.29, 0.717) is 18.5 Å². The number of nitrogens with one attached hydrogen (secondary N) is 1. The van der Waals surface area contributed by atoms with E-state index in [-0.39, 0.29) is 5.41 Å². The summed E-state index contributed by atoms with van der Waals surface area (Å²) in [5.41, 5.74) is 4.70. The summed E-state index contributed by atoms with van der Waals surface area (Å²) < 4.78 is 7.34. The maximum absolute atomic E-state index is 5.54. The molecular weight excluding hydrogens is 306 g/mol. The Morgan fingerprint density at radius 2 is 1.87 bits per heavy atom. The van der Waals surface area contributed by atoms with E-state index in [1.807, 2.05) is 19.9 Å². The van der Waals surface area contributed by atoms with Crippen LogP contribution >= 0.6 is 12.2 Å². The topological polar surface area (TPSA) is 39.1 Å². The van der Waals surface area contributed by atoms with Crippen molar-refractivity contribution in [2.24, 2.45) is 0 Å². The number of benzene rings is 1. The van der Waals surface area contributed by atoms with Crippen molar-refractivity contribution < 1.29 is 4.74 Å². The van der Waals surface area contributed by atoms with Crippen LogP contribution in [-0.2, 0) is 23.4 Å². The molecule has 0 amide bonds. The van der Waals surface area contributed by atoms with E-state index < -0.39 is 0 Å². The third-order valence-corrected chi connectivity index (χ3v) is 3.94. The molecule has 0 bridgehead atoms. The third-order valence-electron chi connectivity index (χ3n) is 3.68. The Kier molecular flexibility index (Phi) is 5.42. The van der Waals surface area contributed by atoms with E-state index in [9.17, 15) is 0 Å². The van der Waals surface area contributed by atoms with Gasteiger partial charge in [0.1, 0.15) is 0 Å². The van der Waals surface area contributed by atoms with Gasteiger partial charge in [0, 0.05) is 12.2 Å². The molecule has 124 valence electrons. The van der Waals surface area contributed by atoms with Crippen LogP contribution in [0.25, 0.3) is 0 Å². The molecule has 0 atom stereocenters. The van der Waals surface area contributed by atoms with Gasteiger partial charge in [-0.15, -0.1) is 0 Å². The number of aryl methyl sites for hydroxylation is 2. The van der Waals surface area contributed by atoms with Crippen molar-refractivity contribution in [1.29, 1.82) is 0 Å². The van der Waals surface area contributed by atoms with E-state index in [4.69, 9.17) is 17.0 Å². The van der Waals surface area contributed by atoms with Crippen LogP contribution in [0.3, 0.4) is 0 Å². The second kappa shape index (κ2) is 7.13. The van der Waals surface area contributed by atoms with Crippen LogP contribution in [0.1, 0.15) is 43.3 Å². The molecule has 0 spiro atoms. The highest BCUT2D eigenvalue weighted by atomic mass is 32.1. The first kappa shape index (κ1) is 17.5. The summed E-state index contributed by atoms with van der Waals surface area (Å²) in [6.45, 7) is 11.6. The first-order valence-electron chi connectivity index (χ1n) is 7.77. The second-order valence-corrected chi connectivity index (χ2v) is 7.16. The lowest BCUT2D eigenvalue weighted by Gasteiger charge is -2.19. The highest BCUT2D eigenvalue weighted by Crippen LogP contribution is 2.22. The smallest absolute Gasteiger partial charge is 0.258 e. The van der Waals surface area contributed by atoms with Crippen molar-refractivity contribution in [2.45, 2.75) is 53.3 Å². The fourth-order valence-electron chi connectivity index (χ4n) is 2.27. The van der Waals surface area contributed by atoms with Gasteiger partial charge in [-0.1, -0.05) is 45.0 Å². The molecule has 0 saturated heterocycles. The summed E-state index contributed by atoms with van der Waals surface area (Å²) >= 11 is 5.21. The molecule has 23 heavy (non-hydrogen) atoms. The molecule has 0 fully saturated rings. The second-order valence-electron chi connectivity index (χ2n) is 6.79. The van der Waals surface area contributed by atoms with E-state index in [0.717, 1.165) is 11.4 Å². The first-order chi connectivity index (χ1) is 10.8. The average molecular weight is 331 g/mol. The Labute approximate surface area is 143 Å². The van der Waals surface area contributed by atoms with Crippen LogP contribution in [0.4, 0.5) is 0 Å². The normalized spacial score (nSPS) is 11.3. The van der Waals surface area contributed by atoms with Gasteiger partial charge in [0.05, 0.1) is 5.69 Å². The number of ether oxygens (including phenoxy) is 1. The van der Waals surface area contributed by atoms with Crippen LogP contribution in [-0.4, -0.2) is 15.0 Å². The summed E-state index contributed by atoms with van der Waals surface area (Å²) in [4.78, 5) is 0. The van der Waals surface area contributed by atoms with Gasteiger partial charge in [0.15, 0.2) is 6.73 Å². The maximum atomic E-state index is 5.54. The molecule has 0 aliphatic rings. The number of rotatable bonds is 4. The summed E-state index contributed by atoms with van der Waals surface area (Å²) in [7, 11) is 0. The van der Waals surface area contributed by atoms with Crippen molar-refractivity contribution in [1.82, 2.24) is 15.1 Å². The Hall–Kier alpha value is -1.88. The van der Waals surface area contributed by atoms with Gasteiger partial charge >= 0.3 is 0 Å². The Balaban J connectivity index is 1.81. The molecule has 0 saturated carbocycles. The van der Waals surface area contributed by atoms with Gasteiger partial charge in [0.25, 0.3) is 5.17 Å². The molecule has 5 heteroatoms. The summed E-state index contributed by atoms with van der Waals surface area (Å²) in [6, 6.07) is 10.6. The highest BCUT2D eigenvalue weighted by molar-refractivity contribution is 7.80. The third kappa shape index (κ3) is 5.06. The van der Waals surface area contributed by atoms with Crippen LogP contribution < -0.4 is 5.32 Å². The molecular formula is C18H25N3OS. The molecule has 2 rings (SSSR count). The van der Waals surface area contributed by atoms with Crippen molar-refractivity contribution in [3.05, 3.63) is 52.8 Å². The quantitative estimate of drug-likeness (QED) is 0.864. The monoisotopic (exact) mass is 331 g/mol. The SMILES string of the molecule is Cc1cc(C)n(COC(=S)NCc2ccc(C(C)(C)C)cc2)n1. The van der Waals surface area contributed by atoms with Gasteiger partial charge in [0.2, 0.25) is 0 Å². The molecule has 0 aliphatic carbocycles. The molecule has 1 N–H and O–H groups in total. The number of hydrogen-bond acceptors (Lipinski definition) is 3. The summed E-state index contributed by atoms with van der Waals surface area (Å²) in [6.07, 6.45) is 0.